The molecule has 2 rings (SSSR count). The average Bonchev–Trinajstić information content (AvgIpc) is 2.86. The predicted octanol–water partition coefficient (Wildman–Crippen LogP) is 3.02. The van der Waals surface area contributed by atoms with Gasteiger partial charge >= 0.3 is 0 Å². The largest absolute Gasteiger partial charge is 0.325 e. The van der Waals surface area contributed by atoms with Gasteiger partial charge in [0.05, 0.1) is 12.1 Å². The number of ketones is 1. The van der Waals surface area contributed by atoms with E-state index in [-0.39, 0.29) is 11.3 Å². The van der Waals surface area contributed by atoms with Crippen molar-refractivity contribution in [3.05, 3.63) is 18.0 Å². The number of nitrogens with two attached hydrogens (primary N) is 1. The maximum absolute atomic E-state index is 12.2. The van der Waals surface area contributed by atoms with Crippen molar-refractivity contribution < 1.29 is 4.79 Å². The van der Waals surface area contributed by atoms with Gasteiger partial charge in [0.2, 0.25) is 0 Å². The highest BCUT2D eigenvalue weighted by Crippen LogP contribution is 2.29. The van der Waals surface area contributed by atoms with E-state index in [0.29, 0.717) is 18.9 Å². The van der Waals surface area contributed by atoms with Crippen molar-refractivity contribution in [2.45, 2.75) is 76.8 Å². The lowest BCUT2D eigenvalue weighted by Crippen LogP contribution is -2.43. The molecular formula is C16H27N3O. The van der Waals surface area contributed by atoms with E-state index in [9.17, 15) is 4.79 Å². The van der Waals surface area contributed by atoms with Crippen LogP contribution in [-0.2, 0) is 11.2 Å². The van der Waals surface area contributed by atoms with E-state index >= 15 is 0 Å². The third-order valence-corrected chi connectivity index (χ3v) is 4.48. The van der Waals surface area contributed by atoms with Crippen molar-refractivity contribution in [2.75, 3.05) is 0 Å². The monoisotopic (exact) mass is 277 g/mol. The molecule has 1 heterocycles. The minimum Gasteiger partial charge on any atom is -0.325 e. The molecule has 1 fully saturated rings. The lowest BCUT2D eigenvalue weighted by Gasteiger charge is -2.32. The highest BCUT2D eigenvalue weighted by Gasteiger charge is 2.29. The van der Waals surface area contributed by atoms with E-state index in [1.807, 2.05) is 16.9 Å². The summed E-state index contributed by atoms with van der Waals surface area (Å²) in [5.41, 5.74) is 6.96. The van der Waals surface area contributed by atoms with Gasteiger partial charge in [-0.2, -0.15) is 5.10 Å². The molecule has 1 aromatic heterocycles. The van der Waals surface area contributed by atoms with Crippen molar-refractivity contribution in [1.29, 1.82) is 0 Å². The second kappa shape index (κ2) is 6.53. The fourth-order valence-electron chi connectivity index (χ4n) is 2.99. The summed E-state index contributed by atoms with van der Waals surface area (Å²) in [5, 5.41) is 4.49. The first-order valence-corrected chi connectivity index (χ1v) is 7.87. The van der Waals surface area contributed by atoms with Crippen LogP contribution >= 0.6 is 0 Å². The Bertz CT molecular complexity index is 446. The van der Waals surface area contributed by atoms with Crippen LogP contribution in [0.1, 0.15) is 70.5 Å². The van der Waals surface area contributed by atoms with Crippen molar-refractivity contribution >= 4 is 5.78 Å². The molecule has 0 spiro atoms. The topological polar surface area (TPSA) is 60.9 Å². The highest BCUT2D eigenvalue weighted by molar-refractivity contribution is 5.81. The van der Waals surface area contributed by atoms with E-state index in [0.717, 1.165) is 37.8 Å². The molecular weight excluding hydrogens is 250 g/mol. The minimum atomic E-state index is -0.255. The standard InChI is InChI=1S/C16H27N3O/c1-3-13(2)19-10-7-14(18-19)11-15(20)12-16(17)8-5-4-6-9-16/h7,10,13H,3-6,8-9,11-12,17H2,1-2H3. The Morgan fingerprint density at radius 2 is 2.15 bits per heavy atom. The van der Waals surface area contributed by atoms with Crippen LogP contribution in [0.4, 0.5) is 0 Å². The average molecular weight is 277 g/mol. The molecule has 4 heteroatoms. The second-order valence-electron chi connectivity index (χ2n) is 6.36. The fraction of sp³-hybridized carbons (Fsp3) is 0.750. The first-order chi connectivity index (χ1) is 9.52. The van der Waals surface area contributed by atoms with Gasteiger partial charge in [0.25, 0.3) is 0 Å². The summed E-state index contributed by atoms with van der Waals surface area (Å²) in [4.78, 5) is 12.2. The van der Waals surface area contributed by atoms with Crippen LogP contribution < -0.4 is 5.73 Å². The van der Waals surface area contributed by atoms with Crippen LogP contribution in [0.25, 0.3) is 0 Å². The van der Waals surface area contributed by atoms with Gasteiger partial charge in [-0.25, -0.2) is 0 Å². The summed E-state index contributed by atoms with van der Waals surface area (Å²) < 4.78 is 1.95. The number of aromatic nitrogens is 2. The van der Waals surface area contributed by atoms with Crippen molar-refractivity contribution in [1.82, 2.24) is 9.78 Å². The van der Waals surface area contributed by atoms with Gasteiger partial charge in [0.15, 0.2) is 0 Å². The quantitative estimate of drug-likeness (QED) is 0.869. The molecule has 1 aromatic rings. The van der Waals surface area contributed by atoms with E-state index < -0.39 is 0 Å². The Hall–Kier alpha value is -1.16. The number of nitrogens with zero attached hydrogens (tertiary/aromatic N) is 2. The smallest absolute Gasteiger partial charge is 0.140 e. The number of rotatable bonds is 6. The van der Waals surface area contributed by atoms with Crippen LogP contribution in [0.15, 0.2) is 12.3 Å². The van der Waals surface area contributed by atoms with Gasteiger partial charge < -0.3 is 5.73 Å². The van der Waals surface area contributed by atoms with Gasteiger partial charge in [-0.1, -0.05) is 26.2 Å². The number of carbonyl (C=O) groups excluding carboxylic acids is 1. The first-order valence-electron chi connectivity index (χ1n) is 7.87. The Morgan fingerprint density at radius 3 is 2.80 bits per heavy atom. The number of hydrogen-bond donors (Lipinski definition) is 1. The summed E-state index contributed by atoms with van der Waals surface area (Å²) >= 11 is 0. The van der Waals surface area contributed by atoms with Crippen LogP contribution in [0.3, 0.4) is 0 Å². The second-order valence-corrected chi connectivity index (χ2v) is 6.36. The third-order valence-electron chi connectivity index (χ3n) is 4.48. The highest BCUT2D eigenvalue weighted by atomic mass is 16.1. The summed E-state index contributed by atoms with van der Waals surface area (Å²) in [5.74, 6) is 0.226. The van der Waals surface area contributed by atoms with Crippen LogP contribution in [-0.4, -0.2) is 21.1 Å². The summed E-state index contributed by atoms with van der Waals surface area (Å²) in [6, 6.07) is 2.34. The molecule has 0 saturated heterocycles. The van der Waals surface area contributed by atoms with Crippen LogP contribution in [0.2, 0.25) is 0 Å². The van der Waals surface area contributed by atoms with Gasteiger partial charge in [-0.05, 0) is 32.3 Å². The van der Waals surface area contributed by atoms with Gasteiger partial charge in [-0.15, -0.1) is 0 Å². The Balaban J connectivity index is 1.89. The lowest BCUT2D eigenvalue weighted by molar-refractivity contribution is -0.119. The maximum atomic E-state index is 12.2. The molecule has 1 atom stereocenters. The summed E-state index contributed by atoms with van der Waals surface area (Å²) in [6.45, 7) is 4.27. The molecule has 1 aliphatic rings. The van der Waals surface area contributed by atoms with Gasteiger partial charge in [-0.3, -0.25) is 9.48 Å². The molecule has 20 heavy (non-hydrogen) atoms. The van der Waals surface area contributed by atoms with E-state index in [2.05, 4.69) is 18.9 Å². The molecule has 0 bridgehead atoms. The Kier molecular flexibility index (Phi) is 4.97. The SMILES string of the molecule is CCC(C)n1ccc(CC(=O)CC2(N)CCCCC2)n1. The Morgan fingerprint density at radius 1 is 1.45 bits per heavy atom. The zero-order valence-electron chi connectivity index (χ0n) is 12.8. The van der Waals surface area contributed by atoms with E-state index in [1.165, 1.54) is 6.42 Å². The Labute approximate surface area is 121 Å². The summed E-state index contributed by atoms with van der Waals surface area (Å²) in [6.07, 6.45) is 9.48. The molecule has 0 aromatic carbocycles. The molecule has 0 aliphatic heterocycles. The molecule has 4 nitrogen and oxygen atoms in total. The molecule has 112 valence electrons. The summed E-state index contributed by atoms with van der Waals surface area (Å²) in [7, 11) is 0. The molecule has 2 N–H and O–H groups in total. The maximum Gasteiger partial charge on any atom is 0.140 e. The number of Topliss-reactive ketones (excluding diaryl/α,β-unsaturated/α-hetero) is 1. The zero-order valence-corrected chi connectivity index (χ0v) is 12.8. The zero-order chi connectivity index (χ0) is 14.6. The minimum absolute atomic E-state index is 0.226. The van der Waals surface area contributed by atoms with Crippen molar-refractivity contribution in [3.63, 3.8) is 0 Å². The van der Waals surface area contributed by atoms with Gasteiger partial charge in [0.1, 0.15) is 5.78 Å². The molecule has 0 radical (unpaired) electrons. The third kappa shape index (κ3) is 3.92. The molecule has 0 amide bonds. The van der Waals surface area contributed by atoms with Crippen LogP contribution in [0.5, 0.6) is 0 Å². The van der Waals surface area contributed by atoms with Crippen molar-refractivity contribution in [3.8, 4) is 0 Å². The van der Waals surface area contributed by atoms with E-state index in [1.54, 1.807) is 0 Å². The van der Waals surface area contributed by atoms with Crippen LogP contribution in [0, 0.1) is 0 Å². The number of carbonyl (C=O) groups is 1. The lowest BCUT2D eigenvalue weighted by atomic mass is 9.79. The number of hydrogen-bond acceptors (Lipinski definition) is 3. The predicted molar refractivity (Wildman–Crippen MR) is 80.6 cm³/mol. The molecule has 1 aliphatic carbocycles. The van der Waals surface area contributed by atoms with Gasteiger partial charge in [0, 0.05) is 24.2 Å². The van der Waals surface area contributed by atoms with Crippen molar-refractivity contribution in [2.24, 2.45) is 5.73 Å². The van der Waals surface area contributed by atoms with E-state index in [4.69, 9.17) is 5.73 Å². The molecule has 1 unspecified atom stereocenters. The first kappa shape index (κ1) is 15.2. The normalized spacial score (nSPS) is 19.8. The molecule has 1 saturated carbocycles. The fourth-order valence-corrected chi connectivity index (χ4v) is 2.99.